The second kappa shape index (κ2) is 11.2. The van der Waals surface area contributed by atoms with Crippen molar-refractivity contribution in [3.05, 3.63) is 65.2 Å². The molecule has 0 radical (unpaired) electrons. The highest BCUT2D eigenvalue weighted by Crippen LogP contribution is 2.40. The number of carbonyl (C=O) groups excluding carboxylic acids is 2. The molecule has 1 spiro atoms. The topological polar surface area (TPSA) is 49.9 Å². The Morgan fingerprint density at radius 3 is 2.41 bits per heavy atom. The van der Waals surface area contributed by atoms with Crippen LogP contribution in [0.25, 0.3) is 0 Å². The second-order valence-electron chi connectivity index (χ2n) is 10.4. The molecule has 200 valence electrons. The minimum absolute atomic E-state index is 0.00377. The van der Waals surface area contributed by atoms with Gasteiger partial charge in [0.25, 0.3) is 5.91 Å². The van der Waals surface area contributed by atoms with Gasteiger partial charge in [0.15, 0.2) is 0 Å². The molecule has 2 aliphatic heterocycles. The Bertz CT molecular complexity index is 1110. The monoisotopic (exact) mass is 516 g/mol. The van der Waals surface area contributed by atoms with Gasteiger partial charge in [0.2, 0.25) is 5.91 Å². The zero-order valence-electron chi connectivity index (χ0n) is 21.5. The lowest BCUT2D eigenvalue weighted by molar-refractivity contribution is -0.148. The third-order valence-corrected chi connectivity index (χ3v) is 7.70. The molecular weight excluding hydrogens is 481 g/mol. The van der Waals surface area contributed by atoms with Gasteiger partial charge in [0.05, 0.1) is 17.5 Å². The predicted molar refractivity (Wildman–Crippen MR) is 135 cm³/mol. The number of alkyl halides is 3. The zero-order chi connectivity index (χ0) is 26.6. The number of aryl methyl sites for hydroxylation is 1. The highest BCUT2D eigenvalue weighted by Gasteiger charge is 2.44. The first-order chi connectivity index (χ1) is 17.6. The van der Waals surface area contributed by atoms with Crippen LogP contribution in [0, 0.1) is 5.41 Å². The Kier molecular flexibility index (Phi) is 8.14. The number of benzene rings is 2. The van der Waals surface area contributed by atoms with Crippen LogP contribution in [0.3, 0.4) is 0 Å². The maximum absolute atomic E-state index is 14.0. The number of likely N-dealkylation sites (tertiary alicyclic amines) is 1. The maximum atomic E-state index is 14.0. The fourth-order valence-electron chi connectivity index (χ4n) is 5.50. The van der Waals surface area contributed by atoms with Crippen LogP contribution < -0.4 is 4.74 Å². The largest absolute Gasteiger partial charge is 0.491 e. The van der Waals surface area contributed by atoms with E-state index in [1.807, 2.05) is 36.9 Å². The molecule has 0 unspecified atom stereocenters. The van der Waals surface area contributed by atoms with E-state index >= 15 is 0 Å². The molecule has 2 aliphatic rings. The summed E-state index contributed by atoms with van der Waals surface area (Å²) in [5, 5.41) is 0. The number of carbonyl (C=O) groups is 2. The highest BCUT2D eigenvalue weighted by atomic mass is 19.4. The Hall–Kier alpha value is -3.03. The molecule has 2 heterocycles. The van der Waals surface area contributed by atoms with Crippen LogP contribution in [0.2, 0.25) is 0 Å². The average molecular weight is 517 g/mol. The number of fused-ring (bicyclic) bond motifs is 1. The minimum Gasteiger partial charge on any atom is -0.491 e. The van der Waals surface area contributed by atoms with Gasteiger partial charge in [-0.2, -0.15) is 13.2 Å². The Balaban J connectivity index is 1.51. The molecule has 4 rings (SSSR count). The van der Waals surface area contributed by atoms with E-state index in [4.69, 9.17) is 4.74 Å². The summed E-state index contributed by atoms with van der Waals surface area (Å²) < 4.78 is 45.5. The molecule has 1 saturated heterocycles. The van der Waals surface area contributed by atoms with Gasteiger partial charge in [0, 0.05) is 24.7 Å². The van der Waals surface area contributed by atoms with Crippen LogP contribution in [0.1, 0.15) is 67.4 Å². The van der Waals surface area contributed by atoms with Gasteiger partial charge < -0.3 is 14.5 Å². The summed E-state index contributed by atoms with van der Waals surface area (Å²) in [6, 6.07) is 12.6. The van der Waals surface area contributed by atoms with Crippen LogP contribution >= 0.6 is 0 Å². The molecule has 0 aliphatic carbocycles. The number of ether oxygens (including phenoxy) is 1. The summed E-state index contributed by atoms with van der Waals surface area (Å²) in [6.45, 7) is 5.55. The number of halogens is 3. The minimum atomic E-state index is -4.51. The zero-order valence-corrected chi connectivity index (χ0v) is 21.5. The van der Waals surface area contributed by atoms with E-state index in [0.717, 1.165) is 43.6 Å². The lowest BCUT2D eigenvalue weighted by atomic mass is 9.72. The first-order valence-corrected chi connectivity index (χ1v) is 13.1. The van der Waals surface area contributed by atoms with Gasteiger partial charge >= 0.3 is 6.18 Å². The van der Waals surface area contributed by atoms with E-state index in [-0.39, 0.29) is 17.5 Å². The molecule has 8 heteroatoms. The van der Waals surface area contributed by atoms with Gasteiger partial charge in [-0.1, -0.05) is 30.7 Å². The maximum Gasteiger partial charge on any atom is 0.416 e. The Morgan fingerprint density at radius 1 is 0.973 bits per heavy atom. The van der Waals surface area contributed by atoms with Gasteiger partial charge in [0.1, 0.15) is 12.4 Å². The lowest BCUT2D eigenvalue weighted by Gasteiger charge is -2.44. The average Bonchev–Trinajstić information content (AvgIpc) is 2.88. The van der Waals surface area contributed by atoms with E-state index in [0.29, 0.717) is 39.1 Å². The standard InChI is InChI=1S/C29H35F3N2O3/c1-21(2)34-18-19-37-25-12-4-3-8-22(25)9-5-6-13-28(27(34)36)14-16-33(17-15-28)26(35)23-10-7-11-24(20-23)29(30,31)32/h3-4,7-8,10-12,20-21H,5-6,9,13-19H2,1-2H3. The van der Waals surface area contributed by atoms with Crippen molar-refractivity contribution >= 4 is 11.8 Å². The van der Waals surface area contributed by atoms with Crippen molar-refractivity contribution in [2.75, 3.05) is 26.2 Å². The SMILES string of the molecule is CC(C)N1CCOc2ccccc2CCCCC2(CCN(C(=O)c3cccc(C(F)(F)F)c3)CC2)C1=O. The van der Waals surface area contributed by atoms with Crippen molar-refractivity contribution in [2.45, 2.75) is 64.6 Å². The molecule has 37 heavy (non-hydrogen) atoms. The van der Waals surface area contributed by atoms with E-state index < -0.39 is 23.1 Å². The molecule has 0 N–H and O–H groups in total. The first-order valence-electron chi connectivity index (χ1n) is 13.1. The van der Waals surface area contributed by atoms with Crippen molar-refractivity contribution in [2.24, 2.45) is 5.41 Å². The Labute approximate surface area is 216 Å². The number of para-hydroxylation sites is 1. The van der Waals surface area contributed by atoms with Crippen molar-refractivity contribution in [3.8, 4) is 5.75 Å². The van der Waals surface area contributed by atoms with Crippen molar-refractivity contribution < 1.29 is 27.5 Å². The molecule has 0 atom stereocenters. The summed E-state index contributed by atoms with van der Waals surface area (Å²) in [5.41, 5.74) is -0.234. The van der Waals surface area contributed by atoms with E-state index in [1.54, 1.807) is 4.90 Å². The highest BCUT2D eigenvalue weighted by molar-refractivity contribution is 5.94. The molecule has 0 saturated carbocycles. The molecule has 2 aromatic rings. The third-order valence-electron chi connectivity index (χ3n) is 7.70. The normalized spacial score (nSPS) is 19.1. The quantitative estimate of drug-likeness (QED) is 0.494. The molecular formula is C29H35F3N2O3. The van der Waals surface area contributed by atoms with Crippen molar-refractivity contribution in [1.29, 1.82) is 0 Å². The summed E-state index contributed by atoms with van der Waals surface area (Å²) in [6.07, 6.45) is -0.128. The summed E-state index contributed by atoms with van der Waals surface area (Å²) in [4.78, 5) is 30.5. The van der Waals surface area contributed by atoms with Gasteiger partial charge in [-0.25, -0.2) is 0 Å². The molecule has 1 fully saturated rings. The second-order valence-corrected chi connectivity index (χ2v) is 10.4. The van der Waals surface area contributed by atoms with Crippen LogP contribution in [-0.4, -0.2) is 53.9 Å². The predicted octanol–water partition coefficient (Wildman–Crippen LogP) is 5.97. The van der Waals surface area contributed by atoms with Crippen LogP contribution in [0.15, 0.2) is 48.5 Å². The summed E-state index contributed by atoms with van der Waals surface area (Å²) in [7, 11) is 0. The Morgan fingerprint density at radius 2 is 1.70 bits per heavy atom. The number of hydrogen-bond donors (Lipinski definition) is 0. The molecule has 0 aromatic heterocycles. The van der Waals surface area contributed by atoms with Gasteiger partial charge in [-0.3, -0.25) is 9.59 Å². The van der Waals surface area contributed by atoms with Gasteiger partial charge in [-0.15, -0.1) is 0 Å². The number of piperidine rings is 1. The van der Waals surface area contributed by atoms with Crippen LogP contribution in [0.5, 0.6) is 5.75 Å². The smallest absolute Gasteiger partial charge is 0.416 e. The molecule has 2 aromatic carbocycles. The number of hydrogen-bond acceptors (Lipinski definition) is 3. The summed E-state index contributed by atoms with van der Waals surface area (Å²) >= 11 is 0. The van der Waals surface area contributed by atoms with E-state index in [2.05, 4.69) is 6.07 Å². The van der Waals surface area contributed by atoms with E-state index in [1.165, 1.54) is 17.7 Å². The molecule has 5 nitrogen and oxygen atoms in total. The third kappa shape index (κ3) is 6.11. The van der Waals surface area contributed by atoms with Gasteiger partial charge in [-0.05, 0) is 75.8 Å². The molecule has 2 amide bonds. The number of nitrogens with zero attached hydrogens (tertiary/aromatic N) is 2. The van der Waals surface area contributed by atoms with Crippen LogP contribution in [0.4, 0.5) is 13.2 Å². The number of rotatable bonds is 2. The molecule has 0 bridgehead atoms. The lowest BCUT2D eigenvalue weighted by Crippen LogP contribution is -2.53. The van der Waals surface area contributed by atoms with E-state index in [9.17, 15) is 22.8 Å². The van der Waals surface area contributed by atoms with Crippen molar-refractivity contribution in [1.82, 2.24) is 9.80 Å². The van der Waals surface area contributed by atoms with Crippen LogP contribution in [-0.2, 0) is 17.4 Å². The number of amides is 2. The fraction of sp³-hybridized carbons (Fsp3) is 0.517. The first kappa shape index (κ1) is 27.0. The fourth-order valence-corrected chi connectivity index (χ4v) is 5.50. The summed E-state index contributed by atoms with van der Waals surface area (Å²) in [5.74, 6) is 0.536. The van der Waals surface area contributed by atoms with Crippen molar-refractivity contribution in [3.63, 3.8) is 0 Å².